The lowest BCUT2D eigenvalue weighted by molar-refractivity contribution is -0.137. The molecule has 0 bridgehead atoms. The fraction of sp³-hybridized carbons (Fsp3) is 0.417. The fourth-order valence-electron chi connectivity index (χ4n) is 1.09. The number of halogens is 1. The van der Waals surface area contributed by atoms with Crippen molar-refractivity contribution in [2.45, 2.75) is 18.7 Å². The van der Waals surface area contributed by atoms with Crippen LogP contribution in [0.2, 0.25) is 0 Å². The largest absolute Gasteiger partial charge is 0.494 e. The molecule has 4 nitrogen and oxygen atoms in total. The highest BCUT2D eigenvalue weighted by atomic mass is 35.5. The first-order valence-electron chi connectivity index (χ1n) is 5.36. The van der Waals surface area contributed by atoms with Crippen molar-refractivity contribution in [2.24, 2.45) is 0 Å². The minimum Gasteiger partial charge on any atom is -0.494 e. The Labute approximate surface area is 105 Å². The first-order chi connectivity index (χ1) is 8.13. The van der Waals surface area contributed by atoms with Gasteiger partial charge in [-0.05, 0) is 30.7 Å². The van der Waals surface area contributed by atoms with E-state index in [-0.39, 0.29) is 6.61 Å². The molecule has 94 valence electrons. The Hall–Kier alpha value is -1.42. The third-order valence-electron chi connectivity index (χ3n) is 1.96. The Kier molecular flexibility index (Phi) is 5.63. The van der Waals surface area contributed by atoms with Gasteiger partial charge in [0.25, 0.3) is 0 Å². The van der Waals surface area contributed by atoms with Gasteiger partial charge in [0.05, 0.1) is 6.61 Å². The van der Waals surface area contributed by atoms with Crippen molar-refractivity contribution < 1.29 is 19.4 Å². The molecule has 1 atom stereocenters. The van der Waals surface area contributed by atoms with E-state index in [4.69, 9.17) is 26.2 Å². The van der Waals surface area contributed by atoms with E-state index >= 15 is 0 Å². The second-order valence-electron chi connectivity index (χ2n) is 3.44. The van der Waals surface area contributed by atoms with Crippen molar-refractivity contribution in [3.8, 4) is 11.5 Å². The number of ether oxygens (including phenoxy) is 2. The smallest absolute Gasteiger partial charge is 0.325 e. The summed E-state index contributed by atoms with van der Waals surface area (Å²) in [4.78, 5) is 10.5. The van der Waals surface area contributed by atoms with Crippen LogP contribution < -0.4 is 9.47 Å². The molecule has 0 fully saturated rings. The molecule has 0 aliphatic carbocycles. The molecule has 0 saturated heterocycles. The molecular formula is C12H15ClO4. The molecule has 1 aromatic rings. The zero-order chi connectivity index (χ0) is 12.7. The van der Waals surface area contributed by atoms with E-state index < -0.39 is 11.3 Å². The van der Waals surface area contributed by atoms with Crippen molar-refractivity contribution in [1.29, 1.82) is 0 Å². The molecule has 0 saturated carbocycles. The molecule has 1 rings (SSSR count). The minimum atomic E-state index is -1.09. The number of benzene rings is 1. The Balaban J connectivity index is 2.42. The normalized spacial score (nSPS) is 11.9. The highest BCUT2D eigenvalue weighted by molar-refractivity contribution is 6.29. The number of carbonyl (C=O) groups is 1. The number of aliphatic carboxylic acids is 1. The maximum Gasteiger partial charge on any atom is 0.325 e. The highest BCUT2D eigenvalue weighted by Gasteiger charge is 2.13. The molecule has 0 radical (unpaired) electrons. The zero-order valence-electron chi connectivity index (χ0n) is 9.56. The standard InChI is InChI=1S/C12H15ClO4/c1-2-7-16-9-3-5-10(6-4-9)17-8-11(13)12(14)15/h3-6,11H,2,7-8H2,1H3,(H,14,15). The topological polar surface area (TPSA) is 55.8 Å². The van der Waals surface area contributed by atoms with E-state index in [1.165, 1.54) is 0 Å². The number of hydrogen-bond acceptors (Lipinski definition) is 3. The second-order valence-corrected chi connectivity index (χ2v) is 3.96. The van der Waals surface area contributed by atoms with Crippen LogP contribution in [0.3, 0.4) is 0 Å². The average Bonchev–Trinajstić information content (AvgIpc) is 2.34. The van der Waals surface area contributed by atoms with Crippen LogP contribution in [0.15, 0.2) is 24.3 Å². The van der Waals surface area contributed by atoms with Crippen LogP contribution in [-0.4, -0.2) is 29.7 Å². The predicted octanol–water partition coefficient (Wildman–Crippen LogP) is 2.55. The van der Waals surface area contributed by atoms with E-state index in [1.807, 2.05) is 6.92 Å². The van der Waals surface area contributed by atoms with Gasteiger partial charge in [0.1, 0.15) is 18.1 Å². The lowest BCUT2D eigenvalue weighted by atomic mass is 10.3. The summed E-state index contributed by atoms with van der Waals surface area (Å²) in [6.45, 7) is 2.64. The van der Waals surface area contributed by atoms with Crippen LogP contribution in [0.1, 0.15) is 13.3 Å². The Bertz CT molecular complexity index is 350. The third kappa shape index (κ3) is 4.95. The van der Waals surface area contributed by atoms with Crippen LogP contribution in [0.5, 0.6) is 11.5 Å². The fourth-order valence-corrected chi connectivity index (χ4v) is 1.16. The summed E-state index contributed by atoms with van der Waals surface area (Å²) in [5.74, 6) is 0.246. The summed E-state index contributed by atoms with van der Waals surface area (Å²) in [5.41, 5.74) is 0. The van der Waals surface area contributed by atoms with Gasteiger partial charge in [0, 0.05) is 0 Å². The molecule has 0 spiro atoms. The molecule has 0 amide bonds. The average molecular weight is 259 g/mol. The number of carboxylic acid groups (broad SMARTS) is 1. The van der Waals surface area contributed by atoms with E-state index in [9.17, 15) is 4.79 Å². The quantitative estimate of drug-likeness (QED) is 0.764. The lowest BCUT2D eigenvalue weighted by Gasteiger charge is -2.09. The van der Waals surface area contributed by atoms with Crippen molar-refractivity contribution in [3.05, 3.63) is 24.3 Å². The Morgan fingerprint density at radius 2 is 1.82 bits per heavy atom. The Morgan fingerprint density at radius 1 is 1.29 bits per heavy atom. The monoisotopic (exact) mass is 258 g/mol. The van der Waals surface area contributed by atoms with Gasteiger partial charge in [-0.3, -0.25) is 4.79 Å². The van der Waals surface area contributed by atoms with Crippen molar-refractivity contribution in [2.75, 3.05) is 13.2 Å². The van der Waals surface area contributed by atoms with Gasteiger partial charge in [0.15, 0.2) is 5.38 Å². The highest BCUT2D eigenvalue weighted by Crippen LogP contribution is 2.18. The molecule has 1 unspecified atom stereocenters. The summed E-state index contributed by atoms with van der Waals surface area (Å²) in [7, 11) is 0. The molecule has 0 aliphatic heterocycles. The zero-order valence-corrected chi connectivity index (χ0v) is 10.3. The van der Waals surface area contributed by atoms with Crippen molar-refractivity contribution in [1.82, 2.24) is 0 Å². The van der Waals surface area contributed by atoms with Gasteiger partial charge in [-0.2, -0.15) is 0 Å². The maximum absolute atomic E-state index is 10.5. The summed E-state index contributed by atoms with van der Waals surface area (Å²) >= 11 is 5.52. The molecule has 1 N–H and O–H groups in total. The second kappa shape index (κ2) is 7.01. The van der Waals surface area contributed by atoms with E-state index in [1.54, 1.807) is 24.3 Å². The predicted molar refractivity (Wildman–Crippen MR) is 65.0 cm³/mol. The maximum atomic E-state index is 10.5. The van der Waals surface area contributed by atoms with Gasteiger partial charge >= 0.3 is 5.97 Å². The van der Waals surface area contributed by atoms with Crippen molar-refractivity contribution >= 4 is 17.6 Å². The van der Waals surface area contributed by atoms with Crippen LogP contribution in [-0.2, 0) is 4.79 Å². The molecule has 0 aliphatic rings. The lowest BCUT2D eigenvalue weighted by Crippen LogP contribution is -2.21. The van der Waals surface area contributed by atoms with Gasteiger partial charge < -0.3 is 14.6 Å². The van der Waals surface area contributed by atoms with E-state index in [0.29, 0.717) is 12.4 Å². The summed E-state index contributed by atoms with van der Waals surface area (Å²) in [5, 5.41) is 7.53. The number of rotatable bonds is 7. The molecule has 0 aromatic heterocycles. The molecular weight excluding hydrogens is 244 g/mol. The molecule has 1 aromatic carbocycles. The number of hydrogen-bond donors (Lipinski definition) is 1. The summed E-state index contributed by atoms with van der Waals surface area (Å²) in [6.07, 6.45) is 0.949. The van der Waals surface area contributed by atoms with Gasteiger partial charge in [-0.25, -0.2) is 0 Å². The van der Waals surface area contributed by atoms with E-state index in [2.05, 4.69) is 0 Å². The van der Waals surface area contributed by atoms with Crippen LogP contribution >= 0.6 is 11.6 Å². The summed E-state index contributed by atoms with van der Waals surface area (Å²) in [6, 6.07) is 6.98. The van der Waals surface area contributed by atoms with Gasteiger partial charge in [0.2, 0.25) is 0 Å². The van der Waals surface area contributed by atoms with Crippen LogP contribution in [0.25, 0.3) is 0 Å². The first kappa shape index (κ1) is 13.6. The van der Waals surface area contributed by atoms with Crippen molar-refractivity contribution in [3.63, 3.8) is 0 Å². The van der Waals surface area contributed by atoms with Crippen LogP contribution in [0.4, 0.5) is 0 Å². The molecule has 5 heteroatoms. The Morgan fingerprint density at radius 3 is 2.29 bits per heavy atom. The van der Waals surface area contributed by atoms with Gasteiger partial charge in [-0.1, -0.05) is 6.92 Å². The first-order valence-corrected chi connectivity index (χ1v) is 5.79. The summed E-state index contributed by atoms with van der Waals surface area (Å²) < 4.78 is 10.6. The third-order valence-corrected chi connectivity index (χ3v) is 2.27. The SMILES string of the molecule is CCCOc1ccc(OCC(Cl)C(=O)O)cc1. The van der Waals surface area contributed by atoms with E-state index in [0.717, 1.165) is 12.2 Å². The van der Waals surface area contributed by atoms with Crippen LogP contribution in [0, 0.1) is 0 Å². The molecule has 0 heterocycles. The minimum absolute atomic E-state index is 0.0634. The number of carboxylic acids is 1. The van der Waals surface area contributed by atoms with Gasteiger partial charge in [-0.15, -0.1) is 11.6 Å². The number of alkyl halides is 1. The molecule has 17 heavy (non-hydrogen) atoms.